The van der Waals surface area contributed by atoms with E-state index in [0.717, 1.165) is 6.42 Å². The molecule has 0 bridgehead atoms. The van der Waals surface area contributed by atoms with Gasteiger partial charge >= 0.3 is 0 Å². The Bertz CT molecular complexity index is 641. The smallest absolute Gasteiger partial charge is 0.243 e. The minimum atomic E-state index is -3.39. The number of benzene rings is 1. The molecule has 3 rings (SSSR count). The minimum absolute atomic E-state index is 0. The van der Waals surface area contributed by atoms with Crippen LogP contribution >= 0.6 is 12.4 Å². The van der Waals surface area contributed by atoms with Crippen molar-refractivity contribution in [2.75, 3.05) is 19.6 Å². The maximum Gasteiger partial charge on any atom is 0.243 e. The van der Waals surface area contributed by atoms with Crippen molar-refractivity contribution in [2.24, 2.45) is 11.1 Å². The third kappa shape index (κ3) is 3.96. The molecule has 1 aromatic carbocycles. The SMILES string of the molecule is CC1(CN)CCN(S(=O)(=O)c2ccc(C3CCCCC3)cc2)C1.Cl. The summed E-state index contributed by atoms with van der Waals surface area (Å²) < 4.78 is 27.2. The molecule has 1 saturated carbocycles. The van der Waals surface area contributed by atoms with E-state index in [2.05, 4.69) is 6.92 Å². The van der Waals surface area contributed by atoms with Gasteiger partial charge in [0.15, 0.2) is 0 Å². The van der Waals surface area contributed by atoms with Gasteiger partial charge < -0.3 is 5.73 Å². The number of nitrogens with zero attached hydrogens (tertiary/aromatic N) is 1. The van der Waals surface area contributed by atoms with Gasteiger partial charge in [0, 0.05) is 13.1 Å². The van der Waals surface area contributed by atoms with E-state index in [9.17, 15) is 8.42 Å². The molecule has 1 unspecified atom stereocenters. The molecule has 2 fully saturated rings. The van der Waals surface area contributed by atoms with E-state index in [-0.39, 0.29) is 17.8 Å². The highest BCUT2D eigenvalue weighted by Gasteiger charge is 2.38. The predicted molar refractivity (Wildman–Crippen MR) is 100 cm³/mol. The maximum atomic E-state index is 12.8. The van der Waals surface area contributed by atoms with Crippen molar-refractivity contribution in [1.29, 1.82) is 0 Å². The largest absolute Gasteiger partial charge is 0.330 e. The van der Waals surface area contributed by atoms with Gasteiger partial charge in [-0.1, -0.05) is 38.3 Å². The van der Waals surface area contributed by atoms with Crippen LogP contribution in [0.5, 0.6) is 0 Å². The quantitative estimate of drug-likeness (QED) is 0.879. The molecule has 1 aliphatic carbocycles. The van der Waals surface area contributed by atoms with Gasteiger partial charge in [-0.25, -0.2) is 8.42 Å². The van der Waals surface area contributed by atoms with Gasteiger partial charge in [0.25, 0.3) is 0 Å². The van der Waals surface area contributed by atoms with Crippen molar-refractivity contribution in [2.45, 2.75) is 56.3 Å². The fourth-order valence-electron chi connectivity index (χ4n) is 3.85. The van der Waals surface area contributed by atoms with E-state index in [4.69, 9.17) is 5.73 Å². The van der Waals surface area contributed by atoms with Crippen LogP contribution in [0.3, 0.4) is 0 Å². The molecule has 6 heteroatoms. The molecule has 1 aromatic rings. The van der Waals surface area contributed by atoms with Crippen LogP contribution < -0.4 is 5.73 Å². The van der Waals surface area contributed by atoms with Gasteiger partial charge in [-0.15, -0.1) is 12.4 Å². The van der Waals surface area contributed by atoms with Crippen molar-refractivity contribution < 1.29 is 8.42 Å². The zero-order valence-electron chi connectivity index (χ0n) is 14.4. The van der Waals surface area contributed by atoms with E-state index in [1.54, 1.807) is 16.4 Å². The Morgan fingerprint density at radius 3 is 2.33 bits per heavy atom. The lowest BCUT2D eigenvalue weighted by Crippen LogP contribution is -2.34. The van der Waals surface area contributed by atoms with Crippen LogP contribution in [-0.2, 0) is 10.0 Å². The normalized spacial score (nSPS) is 26.2. The van der Waals surface area contributed by atoms with E-state index in [1.807, 2.05) is 12.1 Å². The van der Waals surface area contributed by atoms with Crippen LogP contribution in [0.25, 0.3) is 0 Å². The second kappa shape index (κ2) is 7.73. The van der Waals surface area contributed by atoms with Crippen molar-refractivity contribution in [3.8, 4) is 0 Å². The lowest BCUT2D eigenvalue weighted by molar-refractivity contribution is 0.349. The Morgan fingerprint density at radius 1 is 1.17 bits per heavy atom. The van der Waals surface area contributed by atoms with Crippen molar-refractivity contribution in [3.05, 3.63) is 29.8 Å². The molecular formula is C18H29ClN2O2S. The van der Waals surface area contributed by atoms with Gasteiger partial charge in [-0.3, -0.25) is 0 Å². The Labute approximate surface area is 152 Å². The van der Waals surface area contributed by atoms with E-state index >= 15 is 0 Å². The monoisotopic (exact) mass is 372 g/mol. The number of hydrogen-bond acceptors (Lipinski definition) is 3. The van der Waals surface area contributed by atoms with Crippen LogP contribution in [0.2, 0.25) is 0 Å². The summed E-state index contributed by atoms with van der Waals surface area (Å²) in [6, 6.07) is 7.61. The summed E-state index contributed by atoms with van der Waals surface area (Å²) in [5.41, 5.74) is 6.99. The average Bonchev–Trinajstić information content (AvgIpc) is 3.00. The van der Waals surface area contributed by atoms with E-state index in [0.29, 0.717) is 30.4 Å². The zero-order chi connectivity index (χ0) is 16.5. The van der Waals surface area contributed by atoms with E-state index in [1.165, 1.54) is 37.7 Å². The number of hydrogen-bond donors (Lipinski definition) is 1. The highest BCUT2D eigenvalue weighted by molar-refractivity contribution is 7.89. The highest BCUT2D eigenvalue weighted by atomic mass is 35.5. The fraction of sp³-hybridized carbons (Fsp3) is 0.667. The Balaban J connectivity index is 0.00000208. The lowest BCUT2D eigenvalue weighted by Gasteiger charge is -2.23. The Hall–Kier alpha value is -0.620. The number of halogens is 1. The molecule has 0 spiro atoms. The first kappa shape index (κ1) is 19.7. The number of sulfonamides is 1. The minimum Gasteiger partial charge on any atom is -0.330 e. The average molecular weight is 373 g/mol. The molecule has 0 radical (unpaired) electrons. The third-order valence-corrected chi connectivity index (χ3v) is 7.47. The Morgan fingerprint density at radius 2 is 1.79 bits per heavy atom. The summed E-state index contributed by atoms with van der Waals surface area (Å²) in [6.07, 6.45) is 7.20. The van der Waals surface area contributed by atoms with Crippen molar-refractivity contribution >= 4 is 22.4 Å². The van der Waals surface area contributed by atoms with Gasteiger partial charge in [0.05, 0.1) is 4.90 Å². The number of rotatable bonds is 4. The van der Waals surface area contributed by atoms with Crippen LogP contribution in [0, 0.1) is 5.41 Å². The van der Waals surface area contributed by atoms with Crippen molar-refractivity contribution in [3.63, 3.8) is 0 Å². The number of nitrogens with two attached hydrogens (primary N) is 1. The summed E-state index contributed by atoms with van der Waals surface area (Å²) in [6.45, 7) is 3.69. The third-order valence-electron chi connectivity index (χ3n) is 5.61. The molecule has 2 N–H and O–H groups in total. The summed E-state index contributed by atoms with van der Waals surface area (Å²) in [4.78, 5) is 0.415. The Kier molecular flexibility index (Phi) is 6.35. The molecule has 4 nitrogen and oxygen atoms in total. The lowest BCUT2D eigenvalue weighted by atomic mass is 9.84. The standard InChI is InChI=1S/C18H28N2O2S.ClH/c1-18(13-19)11-12-20(14-18)23(21,22)17-9-7-16(8-10-17)15-5-3-2-4-6-15;/h7-10,15H,2-6,11-14,19H2,1H3;1H. The van der Waals surface area contributed by atoms with Crippen molar-refractivity contribution in [1.82, 2.24) is 4.31 Å². The highest BCUT2D eigenvalue weighted by Crippen LogP contribution is 2.35. The first-order chi connectivity index (χ1) is 10.9. The maximum absolute atomic E-state index is 12.8. The summed E-state index contributed by atoms with van der Waals surface area (Å²) in [7, 11) is -3.39. The molecule has 0 aromatic heterocycles. The molecular weight excluding hydrogens is 344 g/mol. The fourth-order valence-corrected chi connectivity index (χ4v) is 5.44. The van der Waals surface area contributed by atoms with Gasteiger partial charge in [-0.05, 0) is 54.8 Å². The zero-order valence-corrected chi connectivity index (χ0v) is 16.0. The van der Waals surface area contributed by atoms with Gasteiger partial charge in [0.2, 0.25) is 10.0 Å². The second-order valence-electron chi connectivity index (χ2n) is 7.51. The summed E-state index contributed by atoms with van der Waals surface area (Å²) in [5.74, 6) is 0.604. The van der Waals surface area contributed by atoms with Gasteiger partial charge in [-0.2, -0.15) is 4.31 Å². The molecule has 1 aliphatic heterocycles. The molecule has 1 saturated heterocycles. The first-order valence-corrected chi connectivity index (χ1v) is 10.2. The molecule has 1 heterocycles. The van der Waals surface area contributed by atoms with Crippen LogP contribution in [0.4, 0.5) is 0 Å². The van der Waals surface area contributed by atoms with Crippen LogP contribution in [-0.4, -0.2) is 32.4 Å². The summed E-state index contributed by atoms with van der Waals surface area (Å²) in [5, 5.41) is 0. The van der Waals surface area contributed by atoms with Crippen LogP contribution in [0.15, 0.2) is 29.2 Å². The topological polar surface area (TPSA) is 63.4 Å². The second-order valence-corrected chi connectivity index (χ2v) is 9.45. The van der Waals surface area contributed by atoms with E-state index < -0.39 is 10.0 Å². The summed E-state index contributed by atoms with van der Waals surface area (Å²) >= 11 is 0. The predicted octanol–water partition coefficient (Wildman–Crippen LogP) is 3.52. The molecule has 1 atom stereocenters. The van der Waals surface area contributed by atoms with Gasteiger partial charge in [0.1, 0.15) is 0 Å². The van der Waals surface area contributed by atoms with Crippen LogP contribution in [0.1, 0.15) is 56.9 Å². The molecule has 24 heavy (non-hydrogen) atoms. The molecule has 0 amide bonds. The first-order valence-electron chi connectivity index (χ1n) is 8.75. The molecule has 136 valence electrons. The molecule has 2 aliphatic rings.